The highest BCUT2D eigenvalue weighted by atomic mass is 79.9. The molecule has 2 N–H and O–H groups in total. The fourth-order valence-corrected chi connectivity index (χ4v) is 5.83. The Balaban J connectivity index is 1.88. The predicted molar refractivity (Wildman–Crippen MR) is 105 cm³/mol. The molecule has 0 atom stereocenters. The molecule has 3 rings (SSSR count). The number of nitrogens with one attached hydrogen (secondary N) is 1. The van der Waals surface area contributed by atoms with E-state index >= 15 is 0 Å². The number of anilines is 2. The van der Waals surface area contributed by atoms with Crippen LogP contribution in [0.1, 0.15) is 30.1 Å². The van der Waals surface area contributed by atoms with Crippen LogP contribution in [0.2, 0.25) is 0 Å². The van der Waals surface area contributed by atoms with Crippen LogP contribution in [0.3, 0.4) is 0 Å². The van der Waals surface area contributed by atoms with Crippen LogP contribution in [-0.4, -0.2) is 37.6 Å². The van der Waals surface area contributed by atoms with Crippen LogP contribution in [0.4, 0.5) is 11.5 Å². The van der Waals surface area contributed by atoms with Gasteiger partial charge in [-0.05, 0) is 52.9 Å². The average molecular weight is 460 g/mol. The Morgan fingerprint density at radius 3 is 2.65 bits per heavy atom. The van der Waals surface area contributed by atoms with Crippen molar-refractivity contribution in [3.05, 3.63) is 33.7 Å². The van der Waals surface area contributed by atoms with Crippen LogP contribution in [0.25, 0.3) is 0 Å². The molecule has 1 saturated heterocycles. The van der Waals surface area contributed by atoms with Gasteiger partial charge in [0.1, 0.15) is 15.6 Å². The van der Waals surface area contributed by atoms with Gasteiger partial charge in [-0.2, -0.15) is 0 Å². The SMILES string of the molecule is CC1CCN(c2ncc(NS(=O)(=O)c3ccc(Br)s3)cc2C(=O)O)CC1. The molecule has 1 aliphatic rings. The van der Waals surface area contributed by atoms with Crippen LogP contribution in [0.15, 0.2) is 32.4 Å². The predicted octanol–water partition coefficient (Wildman–Crippen LogP) is 3.64. The van der Waals surface area contributed by atoms with Crippen LogP contribution < -0.4 is 9.62 Å². The summed E-state index contributed by atoms with van der Waals surface area (Å²) in [5.74, 6) is -0.145. The zero-order valence-corrected chi connectivity index (χ0v) is 17.2. The number of piperidine rings is 1. The molecule has 0 radical (unpaired) electrons. The monoisotopic (exact) mass is 459 g/mol. The molecule has 0 aromatic carbocycles. The number of sulfonamides is 1. The standard InChI is InChI=1S/C16H18BrN3O4S2/c1-10-4-6-20(7-5-10)15-12(16(21)22)8-11(9-18-15)19-26(23,24)14-3-2-13(17)25-14/h2-3,8-10,19H,4-7H2,1H3,(H,21,22). The number of aromatic carboxylic acids is 1. The van der Waals surface area contributed by atoms with E-state index in [2.05, 4.69) is 32.6 Å². The minimum absolute atomic E-state index is 0.00730. The van der Waals surface area contributed by atoms with Gasteiger partial charge in [-0.25, -0.2) is 18.2 Å². The number of carboxylic acid groups (broad SMARTS) is 1. The Kier molecular flexibility index (Phi) is 5.54. The topological polar surface area (TPSA) is 99.6 Å². The first kappa shape index (κ1) is 19.1. The lowest BCUT2D eigenvalue weighted by Crippen LogP contribution is -2.34. The van der Waals surface area contributed by atoms with Crippen molar-refractivity contribution in [2.24, 2.45) is 5.92 Å². The van der Waals surface area contributed by atoms with Gasteiger partial charge in [0.25, 0.3) is 10.0 Å². The Hall–Kier alpha value is -1.65. The van der Waals surface area contributed by atoms with Crippen LogP contribution in [0, 0.1) is 5.92 Å². The highest BCUT2D eigenvalue weighted by Crippen LogP contribution is 2.30. The Labute approximate surface area is 164 Å². The largest absolute Gasteiger partial charge is 0.478 e. The summed E-state index contributed by atoms with van der Waals surface area (Å²) >= 11 is 4.30. The van der Waals surface area contributed by atoms with E-state index in [-0.39, 0.29) is 15.5 Å². The molecule has 140 valence electrons. The molecule has 0 bridgehead atoms. The smallest absolute Gasteiger partial charge is 0.339 e. The van der Waals surface area contributed by atoms with E-state index in [0.717, 1.165) is 37.3 Å². The number of pyridine rings is 1. The summed E-state index contributed by atoms with van der Waals surface area (Å²) in [4.78, 5) is 17.9. The molecule has 0 aliphatic carbocycles. The first-order chi connectivity index (χ1) is 12.3. The second kappa shape index (κ2) is 7.53. The molecule has 3 heterocycles. The number of thiophene rings is 1. The molecular formula is C16H18BrN3O4S2. The first-order valence-electron chi connectivity index (χ1n) is 8.02. The van der Waals surface area contributed by atoms with Crippen molar-refractivity contribution in [2.75, 3.05) is 22.7 Å². The Bertz CT molecular complexity index is 921. The molecule has 7 nitrogen and oxygen atoms in total. The van der Waals surface area contributed by atoms with Gasteiger partial charge in [0.15, 0.2) is 0 Å². The number of nitrogens with zero attached hydrogens (tertiary/aromatic N) is 2. The van der Waals surface area contributed by atoms with Crippen LogP contribution in [0.5, 0.6) is 0 Å². The minimum atomic E-state index is -3.79. The summed E-state index contributed by atoms with van der Waals surface area (Å²) in [6, 6.07) is 4.44. The van der Waals surface area contributed by atoms with Gasteiger partial charge in [0, 0.05) is 13.1 Å². The summed E-state index contributed by atoms with van der Waals surface area (Å²) in [6.07, 6.45) is 3.31. The fraction of sp³-hybridized carbons (Fsp3) is 0.375. The van der Waals surface area contributed by atoms with Gasteiger partial charge < -0.3 is 10.0 Å². The third-order valence-electron chi connectivity index (χ3n) is 4.25. The molecule has 1 aliphatic heterocycles. The molecule has 2 aromatic rings. The summed E-state index contributed by atoms with van der Waals surface area (Å²) in [6.45, 7) is 3.65. The van der Waals surface area contributed by atoms with Gasteiger partial charge in [-0.1, -0.05) is 6.92 Å². The van der Waals surface area contributed by atoms with Gasteiger partial charge in [-0.3, -0.25) is 4.72 Å². The zero-order chi connectivity index (χ0) is 18.9. The van der Waals surface area contributed by atoms with Crippen molar-refractivity contribution in [1.82, 2.24) is 4.98 Å². The van der Waals surface area contributed by atoms with E-state index in [9.17, 15) is 18.3 Å². The normalized spacial score (nSPS) is 15.8. The molecule has 0 saturated carbocycles. The lowest BCUT2D eigenvalue weighted by molar-refractivity contribution is 0.0697. The number of carbonyl (C=O) groups is 1. The van der Waals surface area contributed by atoms with E-state index < -0.39 is 16.0 Å². The van der Waals surface area contributed by atoms with E-state index in [0.29, 0.717) is 15.5 Å². The first-order valence-corrected chi connectivity index (χ1v) is 11.1. The molecule has 0 amide bonds. The number of hydrogen-bond acceptors (Lipinski definition) is 6. The molecule has 1 fully saturated rings. The number of halogens is 1. The van der Waals surface area contributed by atoms with Gasteiger partial charge in [0.2, 0.25) is 0 Å². The van der Waals surface area contributed by atoms with Gasteiger partial charge in [-0.15, -0.1) is 11.3 Å². The summed E-state index contributed by atoms with van der Waals surface area (Å²) in [7, 11) is -3.79. The van der Waals surface area contributed by atoms with E-state index in [1.165, 1.54) is 18.3 Å². The van der Waals surface area contributed by atoms with Crippen molar-refractivity contribution in [3.8, 4) is 0 Å². The van der Waals surface area contributed by atoms with Crippen LogP contribution >= 0.6 is 27.3 Å². The highest BCUT2D eigenvalue weighted by Gasteiger charge is 2.24. The third-order valence-corrected chi connectivity index (χ3v) is 7.74. The maximum absolute atomic E-state index is 12.4. The van der Waals surface area contributed by atoms with Gasteiger partial charge >= 0.3 is 5.97 Å². The Morgan fingerprint density at radius 1 is 1.38 bits per heavy atom. The van der Waals surface area contributed by atoms with Crippen molar-refractivity contribution >= 4 is 54.8 Å². The summed E-state index contributed by atoms with van der Waals surface area (Å²) < 4.78 is 28.0. The molecule has 26 heavy (non-hydrogen) atoms. The maximum atomic E-state index is 12.4. The zero-order valence-electron chi connectivity index (χ0n) is 14.0. The van der Waals surface area contributed by atoms with Crippen molar-refractivity contribution in [2.45, 2.75) is 24.0 Å². The number of rotatable bonds is 5. The van der Waals surface area contributed by atoms with Crippen LogP contribution in [-0.2, 0) is 10.0 Å². The van der Waals surface area contributed by atoms with E-state index in [1.807, 2.05) is 4.90 Å². The quantitative estimate of drug-likeness (QED) is 0.707. The second-order valence-electron chi connectivity index (χ2n) is 6.23. The highest BCUT2D eigenvalue weighted by molar-refractivity contribution is 9.11. The molecule has 2 aromatic heterocycles. The second-order valence-corrected chi connectivity index (χ2v) is 10.6. The summed E-state index contributed by atoms with van der Waals surface area (Å²) in [5.41, 5.74) is 0.119. The van der Waals surface area contributed by atoms with E-state index in [1.54, 1.807) is 6.07 Å². The van der Waals surface area contributed by atoms with Crippen molar-refractivity contribution in [3.63, 3.8) is 0 Å². The lowest BCUT2D eigenvalue weighted by atomic mass is 9.99. The van der Waals surface area contributed by atoms with Crippen molar-refractivity contribution < 1.29 is 18.3 Å². The molecule has 10 heteroatoms. The summed E-state index contributed by atoms with van der Waals surface area (Å²) in [5, 5.41) is 9.54. The third kappa shape index (κ3) is 4.18. The average Bonchev–Trinajstić information content (AvgIpc) is 3.03. The number of hydrogen-bond donors (Lipinski definition) is 2. The molecular weight excluding hydrogens is 442 g/mol. The van der Waals surface area contributed by atoms with Gasteiger partial charge in [0.05, 0.1) is 15.7 Å². The molecule has 0 spiro atoms. The fourth-order valence-electron chi connectivity index (χ4n) is 2.79. The lowest BCUT2D eigenvalue weighted by Gasteiger charge is -2.32. The minimum Gasteiger partial charge on any atom is -0.478 e. The van der Waals surface area contributed by atoms with Crippen molar-refractivity contribution in [1.29, 1.82) is 0 Å². The molecule has 0 unspecified atom stereocenters. The number of aromatic nitrogens is 1. The Morgan fingerprint density at radius 2 is 2.08 bits per heavy atom. The number of carboxylic acids is 1. The maximum Gasteiger partial charge on any atom is 0.339 e. The van der Waals surface area contributed by atoms with E-state index in [4.69, 9.17) is 0 Å².